The van der Waals surface area contributed by atoms with Gasteiger partial charge in [0.15, 0.2) is 0 Å². The Bertz CT molecular complexity index is 241. The van der Waals surface area contributed by atoms with E-state index in [1.165, 1.54) is 14.2 Å². The molecule has 15 heavy (non-hydrogen) atoms. The monoisotopic (exact) mass is 216 g/mol. The standard InChI is InChI=1S/C5H8O3.C5H8O2/c1-4(3-6)5(7)8-2;1-4(2)5(6)7-3/h6H,1,3H2,2H3;1H2,2-3H3. The number of ether oxygens (including phenoxy) is 2. The van der Waals surface area contributed by atoms with E-state index in [1.807, 2.05) is 0 Å². The van der Waals surface area contributed by atoms with Gasteiger partial charge in [-0.1, -0.05) is 13.2 Å². The minimum Gasteiger partial charge on any atom is -0.466 e. The van der Waals surface area contributed by atoms with Gasteiger partial charge in [-0.05, 0) is 6.92 Å². The molecule has 0 aliphatic rings. The molecule has 0 radical (unpaired) electrons. The highest BCUT2D eigenvalue weighted by Gasteiger charge is 2.01. The maximum atomic E-state index is 10.3. The molecular weight excluding hydrogens is 200 g/mol. The van der Waals surface area contributed by atoms with Crippen molar-refractivity contribution in [1.82, 2.24) is 0 Å². The van der Waals surface area contributed by atoms with Crippen molar-refractivity contribution in [3.63, 3.8) is 0 Å². The zero-order chi connectivity index (χ0) is 12.4. The zero-order valence-corrected chi connectivity index (χ0v) is 9.20. The molecule has 86 valence electrons. The van der Waals surface area contributed by atoms with Gasteiger partial charge in [-0.3, -0.25) is 0 Å². The number of aliphatic hydroxyl groups is 1. The number of methoxy groups -OCH3 is 2. The minimum atomic E-state index is -0.563. The van der Waals surface area contributed by atoms with Crippen LogP contribution < -0.4 is 0 Å². The molecule has 0 amide bonds. The summed E-state index contributed by atoms with van der Waals surface area (Å²) in [6, 6.07) is 0. The van der Waals surface area contributed by atoms with Crippen molar-refractivity contribution in [3.8, 4) is 0 Å². The average molecular weight is 216 g/mol. The molecule has 0 fully saturated rings. The lowest BCUT2D eigenvalue weighted by Gasteiger charge is -1.95. The Balaban J connectivity index is 0. The Morgan fingerprint density at radius 3 is 1.60 bits per heavy atom. The molecule has 0 atom stereocenters. The number of carbonyl (C=O) groups excluding carboxylic acids is 2. The van der Waals surface area contributed by atoms with Crippen LogP contribution in [0.5, 0.6) is 0 Å². The quantitative estimate of drug-likeness (QED) is 0.547. The topological polar surface area (TPSA) is 72.8 Å². The summed E-state index contributed by atoms with van der Waals surface area (Å²) in [5, 5.41) is 8.24. The first-order valence-electron chi connectivity index (χ1n) is 4.01. The molecule has 0 aromatic heterocycles. The first-order chi connectivity index (χ1) is 6.90. The molecule has 0 saturated carbocycles. The zero-order valence-electron chi connectivity index (χ0n) is 9.20. The third-order valence-corrected chi connectivity index (χ3v) is 1.20. The van der Waals surface area contributed by atoms with Crippen LogP contribution in [-0.4, -0.2) is 37.9 Å². The first kappa shape index (κ1) is 15.8. The van der Waals surface area contributed by atoms with E-state index in [4.69, 9.17) is 5.11 Å². The number of carbonyl (C=O) groups is 2. The number of esters is 2. The summed E-state index contributed by atoms with van der Waals surface area (Å²) in [6.45, 7) is 7.83. The van der Waals surface area contributed by atoms with Crippen molar-refractivity contribution in [2.24, 2.45) is 0 Å². The van der Waals surface area contributed by atoms with Crippen molar-refractivity contribution >= 4 is 11.9 Å². The van der Waals surface area contributed by atoms with Gasteiger partial charge in [0.05, 0.1) is 26.4 Å². The molecule has 0 saturated heterocycles. The van der Waals surface area contributed by atoms with E-state index in [1.54, 1.807) is 6.92 Å². The number of hydrogen-bond acceptors (Lipinski definition) is 5. The van der Waals surface area contributed by atoms with Crippen LogP contribution in [0.15, 0.2) is 24.3 Å². The van der Waals surface area contributed by atoms with Crippen molar-refractivity contribution in [1.29, 1.82) is 0 Å². The van der Waals surface area contributed by atoms with E-state index < -0.39 is 5.97 Å². The molecule has 5 heteroatoms. The summed E-state index contributed by atoms with van der Waals surface area (Å²) in [7, 11) is 2.57. The minimum absolute atomic E-state index is 0.0764. The van der Waals surface area contributed by atoms with Gasteiger partial charge < -0.3 is 14.6 Å². The fourth-order valence-electron chi connectivity index (χ4n) is 0.383. The van der Waals surface area contributed by atoms with Crippen LogP contribution in [-0.2, 0) is 19.1 Å². The number of rotatable bonds is 3. The lowest BCUT2D eigenvalue weighted by molar-refractivity contribution is -0.137. The molecule has 0 aliphatic carbocycles. The van der Waals surface area contributed by atoms with Gasteiger partial charge in [0.2, 0.25) is 0 Å². The SMILES string of the molecule is C=C(C)C(=O)OC.C=C(CO)C(=O)OC. The molecule has 0 aromatic rings. The highest BCUT2D eigenvalue weighted by Crippen LogP contribution is 1.88. The number of hydrogen-bond donors (Lipinski definition) is 1. The maximum Gasteiger partial charge on any atom is 0.335 e. The van der Waals surface area contributed by atoms with E-state index in [0.29, 0.717) is 5.57 Å². The lowest BCUT2D eigenvalue weighted by atomic mass is 10.3. The molecule has 0 bridgehead atoms. The van der Waals surface area contributed by atoms with Crippen LogP contribution in [0.4, 0.5) is 0 Å². The van der Waals surface area contributed by atoms with Gasteiger partial charge in [0.1, 0.15) is 0 Å². The first-order valence-corrected chi connectivity index (χ1v) is 4.01. The third kappa shape index (κ3) is 8.70. The Hall–Kier alpha value is -1.62. The second kappa shape index (κ2) is 8.96. The smallest absolute Gasteiger partial charge is 0.335 e. The highest BCUT2D eigenvalue weighted by atomic mass is 16.5. The summed E-state index contributed by atoms with van der Waals surface area (Å²) in [5.41, 5.74) is 0.509. The molecule has 0 rings (SSSR count). The van der Waals surface area contributed by atoms with Gasteiger partial charge in [-0.25, -0.2) is 9.59 Å². The third-order valence-electron chi connectivity index (χ3n) is 1.20. The van der Waals surface area contributed by atoms with Crippen molar-refractivity contribution < 1.29 is 24.2 Å². The van der Waals surface area contributed by atoms with Crippen LogP contribution in [0.1, 0.15) is 6.92 Å². The van der Waals surface area contributed by atoms with Crippen molar-refractivity contribution in [3.05, 3.63) is 24.3 Å². The Morgan fingerprint density at radius 2 is 1.53 bits per heavy atom. The van der Waals surface area contributed by atoms with E-state index in [2.05, 4.69) is 22.6 Å². The van der Waals surface area contributed by atoms with Crippen LogP contribution >= 0.6 is 0 Å². The van der Waals surface area contributed by atoms with Crippen LogP contribution in [0.25, 0.3) is 0 Å². The summed E-state index contributed by atoms with van der Waals surface area (Å²) >= 11 is 0. The highest BCUT2D eigenvalue weighted by molar-refractivity contribution is 5.87. The number of aliphatic hydroxyl groups excluding tert-OH is 1. The van der Waals surface area contributed by atoms with E-state index >= 15 is 0 Å². The Morgan fingerprint density at radius 1 is 1.13 bits per heavy atom. The van der Waals surface area contributed by atoms with Gasteiger partial charge in [0, 0.05) is 5.57 Å². The maximum absolute atomic E-state index is 10.3. The van der Waals surface area contributed by atoms with Crippen LogP contribution in [0.2, 0.25) is 0 Å². The molecule has 0 heterocycles. The van der Waals surface area contributed by atoms with Gasteiger partial charge in [0.25, 0.3) is 0 Å². The molecule has 0 aromatic carbocycles. The van der Waals surface area contributed by atoms with Crippen molar-refractivity contribution in [2.75, 3.05) is 20.8 Å². The molecular formula is C10H16O5. The summed E-state index contributed by atoms with van der Waals surface area (Å²) < 4.78 is 8.48. The van der Waals surface area contributed by atoms with Crippen molar-refractivity contribution in [2.45, 2.75) is 6.92 Å². The predicted octanol–water partition coefficient (Wildman–Crippen LogP) is 0.443. The molecule has 0 unspecified atom stereocenters. The normalized spacial score (nSPS) is 8.00. The largest absolute Gasteiger partial charge is 0.466 e. The summed E-state index contributed by atoms with van der Waals surface area (Å²) in [6.07, 6.45) is 0. The average Bonchev–Trinajstić information content (AvgIpc) is 2.26. The second-order valence-corrected chi connectivity index (χ2v) is 2.53. The second-order valence-electron chi connectivity index (χ2n) is 2.53. The van der Waals surface area contributed by atoms with E-state index in [0.717, 1.165) is 0 Å². The van der Waals surface area contributed by atoms with E-state index in [-0.39, 0.29) is 18.1 Å². The summed E-state index contributed by atoms with van der Waals surface area (Å²) in [4.78, 5) is 20.5. The van der Waals surface area contributed by atoms with E-state index in [9.17, 15) is 9.59 Å². The predicted molar refractivity (Wildman–Crippen MR) is 55.1 cm³/mol. The molecule has 0 spiro atoms. The fourth-order valence-corrected chi connectivity index (χ4v) is 0.383. The molecule has 1 N–H and O–H groups in total. The van der Waals surface area contributed by atoms with Gasteiger partial charge in [-0.15, -0.1) is 0 Å². The van der Waals surface area contributed by atoms with Crippen LogP contribution in [0.3, 0.4) is 0 Å². The van der Waals surface area contributed by atoms with Crippen LogP contribution in [0, 0.1) is 0 Å². The van der Waals surface area contributed by atoms with Gasteiger partial charge >= 0.3 is 11.9 Å². The Labute approximate surface area is 89.0 Å². The van der Waals surface area contributed by atoms with Gasteiger partial charge in [-0.2, -0.15) is 0 Å². The molecule has 5 nitrogen and oxygen atoms in total. The fraction of sp³-hybridized carbons (Fsp3) is 0.400. The lowest BCUT2D eigenvalue weighted by Crippen LogP contribution is -2.06. The Kier molecular flexibility index (Phi) is 9.45. The molecule has 0 aliphatic heterocycles. The summed E-state index contributed by atoms with van der Waals surface area (Å²) in [5.74, 6) is -0.910.